The Morgan fingerprint density at radius 2 is 1.89 bits per heavy atom. The van der Waals surface area contributed by atoms with E-state index >= 15 is 0 Å². The van der Waals surface area contributed by atoms with Crippen LogP contribution in [0.25, 0.3) is 0 Å². The highest BCUT2D eigenvalue weighted by Gasteiger charge is 2.11. The lowest BCUT2D eigenvalue weighted by molar-refractivity contribution is 0.102. The number of amides is 1. The molecule has 0 saturated carbocycles. The summed E-state index contributed by atoms with van der Waals surface area (Å²) in [5.74, 6) is -0.380. The van der Waals surface area contributed by atoms with E-state index in [0.717, 1.165) is 9.37 Å². The van der Waals surface area contributed by atoms with Crippen molar-refractivity contribution in [3.05, 3.63) is 52.5 Å². The molecular weight excluding hydrogens is 326 g/mol. The average molecular weight is 338 g/mol. The van der Waals surface area contributed by atoms with Gasteiger partial charge < -0.3 is 10.4 Å². The lowest BCUT2D eigenvalue weighted by Gasteiger charge is -2.07. The zero-order valence-electron chi connectivity index (χ0n) is 10.2. The summed E-state index contributed by atoms with van der Waals surface area (Å²) in [5.41, 5.74) is 0.947. The molecule has 2 rings (SSSR count). The SMILES string of the molecule is CSc1ccc(NC(=O)c2ccc(Br)cc2O)cc1. The van der Waals surface area contributed by atoms with Gasteiger partial charge in [-0.25, -0.2) is 0 Å². The molecule has 5 heteroatoms. The molecule has 2 N–H and O–H groups in total. The molecule has 0 aliphatic carbocycles. The first kappa shape index (κ1) is 14.0. The molecule has 2 aromatic carbocycles. The molecule has 0 aromatic heterocycles. The minimum Gasteiger partial charge on any atom is -0.507 e. The maximum absolute atomic E-state index is 12.0. The number of carbonyl (C=O) groups excluding carboxylic acids is 1. The molecule has 0 spiro atoms. The number of anilines is 1. The topological polar surface area (TPSA) is 49.3 Å². The Hall–Kier alpha value is -1.46. The molecule has 0 radical (unpaired) electrons. The van der Waals surface area contributed by atoms with E-state index in [1.54, 1.807) is 23.9 Å². The van der Waals surface area contributed by atoms with Crippen LogP contribution >= 0.6 is 27.7 Å². The number of halogens is 1. The van der Waals surface area contributed by atoms with Gasteiger partial charge in [0.1, 0.15) is 5.75 Å². The number of hydrogen-bond donors (Lipinski definition) is 2. The summed E-state index contributed by atoms with van der Waals surface area (Å²) < 4.78 is 0.728. The summed E-state index contributed by atoms with van der Waals surface area (Å²) in [4.78, 5) is 13.1. The zero-order chi connectivity index (χ0) is 13.8. The summed E-state index contributed by atoms with van der Waals surface area (Å²) >= 11 is 4.87. The van der Waals surface area contributed by atoms with Crippen molar-refractivity contribution in [2.75, 3.05) is 11.6 Å². The Morgan fingerprint density at radius 3 is 2.47 bits per heavy atom. The van der Waals surface area contributed by atoms with Crippen molar-refractivity contribution in [2.24, 2.45) is 0 Å². The normalized spacial score (nSPS) is 10.2. The third-order valence-corrected chi connectivity index (χ3v) is 3.79. The summed E-state index contributed by atoms with van der Waals surface area (Å²) in [6.07, 6.45) is 1.99. The molecule has 0 unspecified atom stereocenters. The van der Waals surface area contributed by atoms with Crippen LogP contribution in [0.15, 0.2) is 51.8 Å². The standard InChI is InChI=1S/C14H12BrNO2S/c1-19-11-5-3-10(4-6-11)16-14(18)12-7-2-9(15)8-13(12)17/h2-8,17H,1H3,(H,16,18). The predicted octanol–water partition coefficient (Wildman–Crippen LogP) is 4.13. The molecule has 0 bridgehead atoms. The Balaban J connectivity index is 2.15. The van der Waals surface area contributed by atoms with Crippen LogP contribution in [0.3, 0.4) is 0 Å². The van der Waals surface area contributed by atoms with E-state index in [0.29, 0.717) is 5.69 Å². The van der Waals surface area contributed by atoms with Gasteiger partial charge in [0, 0.05) is 15.1 Å². The third-order valence-electron chi connectivity index (χ3n) is 2.55. The van der Waals surface area contributed by atoms with Gasteiger partial charge in [-0.05, 0) is 48.7 Å². The number of thioether (sulfide) groups is 1. The molecule has 1 amide bonds. The van der Waals surface area contributed by atoms with Crippen molar-refractivity contribution in [1.29, 1.82) is 0 Å². The number of aromatic hydroxyl groups is 1. The number of benzene rings is 2. The first-order chi connectivity index (χ1) is 9.10. The van der Waals surface area contributed by atoms with E-state index in [4.69, 9.17) is 0 Å². The highest BCUT2D eigenvalue weighted by Crippen LogP contribution is 2.24. The second kappa shape index (κ2) is 6.12. The number of phenolic OH excluding ortho intramolecular Hbond substituents is 1. The van der Waals surface area contributed by atoms with Crippen molar-refractivity contribution in [3.8, 4) is 5.75 Å². The number of rotatable bonds is 3. The van der Waals surface area contributed by atoms with Gasteiger partial charge in [-0.1, -0.05) is 15.9 Å². The fourth-order valence-electron chi connectivity index (χ4n) is 1.57. The lowest BCUT2D eigenvalue weighted by atomic mass is 10.2. The molecule has 0 aliphatic rings. The maximum Gasteiger partial charge on any atom is 0.259 e. The zero-order valence-corrected chi connectivity index (χ0v) is 12.6. The van der Waals surface area contributed by atoms with Crippen LogP contribution in [0.4, 0.5) is 5.69 Å². The highest BCUT2D eigenvalue weighted by atomic mass is 79.9. The van der Waals surface area contributed by atoms with Crippen LogP contribution in [0, 0.1) is 0 Å². The van der Waals surface area contributed by atoms with E-state index in [9.17, 15) is 9.90 Å². The van der Waals surface area contributed by atoms with E-state index in [2.05, 4.69) is 21.2 Å². The molecule has 0 aliphatic heterocycles. The molecule has 19 heavy (non-hydrogen) atoms. The monoisotopic (exact) mass is 337 g/mol. The van der Waals surface area contributed by atoms with Crippen molar-refractivity contribution in [1.82, 2.24) is 0 Å². The van der Waals surface area contributed by atoms with Crippen LogP contribution in [-0.2, 0) is 0 Å². The van der Waals surface area contributed by atoms with Crippen molar-refractivity contribution < 1.29 is 9.90 Å². The Bertz CT molecular complexity index is 599. The fourth-order valence-corrected chi connectivity index (χ4v) is 2.33. The minimum absolute atomic E-state index is 0.0485. The second-order valence-electron chi connectivity index (χ2n) is 3.84. The van der Waals surface area contributed by atoms with Gasteiger partial charge in [0.25, 0.3) is 5.91 Å². The summed E-state index contributed by atoms with van der Waals surface area (Å²) in [7, 11) is 0. The van der Waals surface area contributed by atoms with Gasteiger partial charge >= 0.3 is 0 Å². The van der Waals surface area contributed by atoms with Gasteiger partial charge in [0.05, 0.1) is 5.56 Å². The Morgan fingerprint density at radius 1 is 1.21 bits per heavy atom. The average Bonchev–Trinajstić information content (AvgIpc) is 2.39. The van der Waals surface area contributed by atoms with Crippen molar-refractivity contribution in [3.63, 3.8) is 0 Å². The highest BCUT2D eigenvalue weighted by molar-refractivity contribution is 9.10. The third kappa shape index (κ3) is 3.52. The molecule has 98 valence electrons. The summed E-state index contributed by atoms with van der Waals surface area (Å²) in [6.45, 7) is 0. The van der Waals surface area contributed by atoms with E-state index in [-0.39, 0.29) is 17.2 Å². The Kier molecular flexibility index (Phi) is 4.50. The molecule has 2 aromatic rings. The van der Waals surface area contributed by atoms with Crippen molar-refractivity contribution in [2.45, 2.75) is 4.90 Å². The lowest BCUT2D eigenvalue weighted by Crippen LogP contribution is -2.11. The number of nitrogens with one attached hydrogen (secondary N) is 1. The minimum atomic E-state index is -0.332. The van der Waals surface area contributed by atoms with Crippen molar-refractivity contribution >= 4 is 39.3 Å². The fraction of sp³-hybridized carbons (Fsp3) is 0.0714. The summed E-state index contributed by atoms with van der Waals surface area (Å²) in [6, 6.07) is 12.3. The molecule has 0 saturated heterocycles. The molecule has 0 atom stereocenters. The van der Waals surface area contributed by atoms with E-state index in [1.807, 2.05) is 30.5 Å². The number of phenols is 1. The molecule has 0 fully saturated rings. The molecular formula is C14H12BrNO2S. The van der Waals surface area contributed by atoms with Crippen LogP contribution in [0.2, 0.25) is 0 Å². The molecule has 0 heterocycles. The van der Waals surface area contributed by atoms with Crippen LogP contribution in [-0.4, -0.2) is 17.3 Å². The number of hydrogen-bond acceptors (Lipinski definition) is 3. The van der Waals surface area contributed by atoms with E-state index < -0.39 is 0 Å². The smallest absolute Gasteiger partial charge is 0.259 e. The quantitative estimate of drug-likeness (QED) is 0.828. The van der Waals surface area contributed by atoms with Crippen LogP contribution in [0.5, 0.6) is 5.75 Å². The second-order valence-corrected chi connectivity index (χ2v) is 5.64. The first-order valence-corrected chi connectivity index (χ1v) is 7.56. The van der Waals surface area contributed by atoms with Gasteiger partial charge in [-0.2, -0.15) is 0 Å². The largest absolute Gasteiger partial charge is 0.507 e. The van der Waals surface area contributed by atoms with Gasteiger partial charge in [-0.3, -0.25) is 4.79 Å². The first-order valence-electron chi connectivity index (χ1n) is 5.54. The Labute approximate surface area is 124 Å². The maximum atomic E-state index is 12.0. The molecule has 3 nitrogen and oxygen atoms in total. The van der Waals surface area contributed by atoms with E-state index in [1.165, 1.54) is 6.07 Å². The van der Waals surface area contributed by atoms with Gasteiger partial charge in [0.2, 0.25) is 0 Å². The van der Waals surface area contributed by atoms with Crippen LogP contribution < -0.4 is 5.32 Å². The predicted molar refractivity (Wildman–Crippen MR) is 82.0 cm³/mol. The summed E-state index contributed by atoms with van der Waals surface area (Å²) in [5, 5.41) is 12.5. The number of carbonyl (C=O) groups is 1. The van der Waals surface area contributed by atoms with Gasteiger partial charge in [0.15, 0.2) is 0 Å². The van der Waals surface area contributed by atoms with Crippen LogP contribution in [0.1, 0.15) is 10.4 Å². The van der Waals surface area contributed by atoms with Gasteiger partial charge in [-0.15, -0.1) is 11.8 Å².